The number of halogens is 2. The van der Waals surface area contributed by atoms with Crippen molar-refractivity contribution in [2.45, 2.75) is 38.5 Å². The molecule has 6 rings (SSSR count). The van der Waals surface area contributed by atoms with Gasteiger partial charge in [-0.1, -0.05) is 28.9 Å². The number of aromatic carboxylic acids is 1. The predicted molar refractivity (Wildman–Crippen MR) is 150 cm³/mol. The zero-order valence-electron chi connectivity index (χ0n) is 22.0. The Balaban J connectivity index is 1.13. The lowest BCUT2D eigenvalue weighted by Gasteiger charge is -2.31. The Morgan fingerprint density at radius 2 is 1.95 bits per heavy atom. The van der Waals surface area contributed by atoms with Gasteiger partial charge in [0.15, 0.2) is 0 Å². The molecule has 210 valence electrons. The molecule has 0 radical (unpaired) electrons. The molecule has 0 bridgehead atoms. The molecule has 0 unspecified atom stereocenters. The highest BCUT2D eigenvalue weighted by Gasteiger charge is 2.24. The number of likely N-dealkylation sites (tertiary alicyclic amines) is 1. The van der Waals surface area contributed by atoms with Crippen LogP contribution in [-0.4, -0.2) is 48.8 Å². The minimum atomic E-state index is -0.978. The smallest absolute Gasteiger partial charge is 0.335 e. The van der Waals surface area contributed by atoms with Gasteiger partial charge in [0, 0.05) is 33.8 Å². The molecule has 41 heavy (non-hydrogen) atoms. The molecule has 0 aliphatic carbocycles. The summed E-state index contributed by atoms with van der Waals surface area (Å²) in [5.74, 6) is 0.204. The van der Waals surface area contributed by atoms with Gasteiger partial charge in [-0.2, -0.15) is 0 Å². The van der Waals surface area contributed by atoms with Gasteiger partial charge in [0.25, 0.3) is 0 Å². The van der Waals surface area contributed by atoms with Gasteiger partial charge in [0.1, 0.15) is 24.5 Å². The fourth-order valence-electron chi connectivity index (χ4n) is 5.21. The number of carboxylic acids is 1. The van der Waals surface area contributed by atoms with Crippen molar-refractivity contribution in [2.24, 2.45) is 0 Å². The lowest BCUT2D eigenvalue weighted by Crippen LogP contribution is -2.33. The van der Waals surface area contributed by atoms with E-state index in [0.29, 0.717) is 29.6 Å². The van der Waals surface area contributed by atoms with E-state index in [1.54, 1.807) is 48.9 Å². The summed E-state index contributed by atoms with van der Waals surface area (Å²) in [7, 11) is 0. The van der Waals surface area contributed by atoms with Crippen molar-refractivity contribution in [2.75, 3.05) is 13.1 Å². The molecule has 1 aliphatic rings. The van der Waals surface area contributed by atoms with Gasteiger partial charge in [-0.05, 0) is 62.3 Å². The van der Waals surface area contributed by atoms with Crippen LogP contribution < -0.4 is 4.74 Å². The van der Waals surface area contributed by atoms with Crippen LogP contribution in [-0.2, 0) is 19.7 Å². The first kappa shape index (κ1) is 26.9. The lowest BCUT2D eigenvalue weighted by atomic mass is 9.93. The fourth-order valence-corrected chi connectivity index (χ4v) is 5.36. The fraction of sp³-hybridized carbons (Fsp3) is 0.267. The molecule has 3 aromatic heterocycles. The van der Waals surface area contributed by atoms with Crippen LogP contribution in [0.5, 0.6) is 5.88 Å². The maximum atomic E-state index is 14.1. The van der Waals surface area contributed by atoms with Crippen molar-refractivity contribution < 1.29 is 23.6 Å². The second-order valence-corrected chi connectivity index (χ2v) is 10.6. The minimum Gasteiger partial charge on any atom is -0.478 e. The van der Waals surface area contributed by atoms with E-state index in [4.69, 9.17) is 30.8 Å². The topological polar surface area (TPSA) is 107 Å². The van der Waals surface area contributed by atoms with E-state index < -0.39 is 11.8 Å². The van der Waals surface area contributed by atoms with Gasteiger partial charge in [0.05, 0.1) is 35.9 Å². The van der Waals surface area contributed by atoms with Gasteiger partial charge in [-0.3, -0.25) is 4.90 Å². The van der Waals surface area contributed by atoms with Crippen LogP contribution in [0.3, 0.4) is 0 Å². The van der Waals surface area contributed by atoms with Crippen LogP contribution >= 0.6 is 11.6 Å². The number of benzene rings is 2. The maximum Gasteiger partial charge on any atom is 0.335 e. The van der Waals surface area contributed by atoms with E-state index in [1.165, 1.54) is 6.07 Å². The van der Waals surface area contributed by atoms with E-state index in [0.717, 1.165) is 54.0 Å². The summed E-state index contributed by atoms with van der Waals surface area (Å²) in [6, 6.07) is 15.2. The number of fused-ring (bicyclic) bond motifs is 1. The van der Waals surface area contributed by atoms with Crippen LogP contribution in [0.25, 0.3) is 11.0 Å². The number of nitrogens with zero attached hydrogens (tertiary/aromatic N) is 5. The number of carbonyl (C=O) groups is 1. The van der Waals surface area contributed by atoms with Crippen molar-refractivity contribution >= 4 is 28.6 Å². The molecule has 0 atom stereocenters. The number of rotatable bonds is 9. The highest BCUT2D eigenvalue weighted by atomic mass is 35.5. The van der Waals surface area contributed by atoms with Crippen molar-refractivity contribution in [1.29, 1.82) is 0 Å². The molecule has 1 saturated heterocycles. The Kier molecular flexibility index (Phi) is 7.67. The van der Waals surface area contributed by atoms with Gasteiger partial charge in [0.2, 0.25) is 5.88 Å². The normalized spacial score (nSPS) is 14.5. The van der Waals surface area contributed by atoms with E-state index in [1.807, 2.05) is 16.7 Å². The minimum absolute atomic E-state index is 0.0712. The third-order valence-corrected chi connectivity index (χ3v) is 7.64. The summed E-state index contributed by atoms with van der Waals surface area (Å²) in [4.78, 5) is 23.5. The van der Waals surface area contributed by atoms with Crippen LogP contribution in [0, 0.1) is 5.82 Å². The Hall–Kier alpha value is -4.28. The zero-order valence-corrected chi connectivity index (χ0v) is 22.8. The summed E-state index contributed by atoms with van der Waals surface area (Å²) < 4.78 is 27.0. The number of hydrogen-bond donors (Lipinski definition) is 1. The van der Waals surface area contributed by atoms with E-state index >= 15 is 0 Å². The summed E-state index contributed by atoms with van der Waals surface area (Å²) in [6.45, 7) is 2.88. The van der Waals surface area contributed by atoms with E-state index in [9.17, 15) is 14.3 Å². The molecule has 0 saturated carbocycles. The Morgan fingerprint density at radius 1 is 1.10 bits per heavy atom. The van der Waals surface area contributed by atoms with Gasteiger partial charge >= 0.3 is 5.97 Å². The summed E-state index contributed by atoms with van der Waals surface area (Å²) in [6.07, 6.45) is 5.06. The Morgan fingerprint density at radius 3 is 2.71 bits per heavy atom. The van der Waals surface area contributed by atoms with Crippen LogP contribution in [0.1, 0.15) is 51.8 Å². The molecule has 0 spiro atoms. The number of aromatic nitrogens is 4. The molecule has 1 N–H and O–H groups in total. The number of piperidine rings is 1. The number of imidazole rings is 1. The number of pyridine rings is 1. The molecule has 5 aromatic rings. The SMILES string of the molecule is O=C(O)c1ccc2nc(CN3CCC(c4cccc(OCc5ccc(Cl)cc5F)n4)CC3)n(Cc3cnoc3)c2c1. The first-order valence-corrected chi connectivity index (χ1v) is 13.7. The largest absolute Gasteiger partial charge is 0.478 e. The zero-order chi connectivity index (χ0) is 28.3. The summed E-state index contributed by atoms with van der Waals surface area (Å²) in [5, 5.41) is 13.6. The molecule has 4 heterocycles. The van der Waals surface area contributed by atoms with E-state index in [-0.39, 0.29) is 18.1 Å². The van der Waals surface area contributed by atoms with Crippen molar-refractivity contribution in [3.05, 3.63) is 106 Å². The molecule has 11 heteroatoms. The second-order valence-electron chi connectivity index (χ2n) is 10.1. The monoisotopic (exact) mass is 575 g/mol. The Labute approximate surface area is 240 Å². The molecule has 0 amide bonds. The van der Waals surface area contributed by atoms with Crippen molar-refractivity contribution in [3.8, 4) is 5.88 Å². The maximum absolute atomic E-state index is 14.1. The second kappa shape index (κ2) is 11.7. The third kappa shape index (κ3) is 6.08. The lowest BCUT2D eigenvalue weighted by molar-refractivity contribution is 0.0697. The number of carboxylic acid groups (broad SMARTS) is 1. The first-order valence-electron chi connectivity index (χ1n) is 13.3. The Bertz CT molecular complexity index is 1680. The van der Waals surface area contributed by atoms with Gasteiger partial charge < -0.3 is 18.9 Å². The molecule has 1 fully saturated rings. The third-order valence-electron chi connectivity index (χ3n) is 7.41. The van der Waals surface area contributed by atoms with Crippen molar-refractivity contribution in [3.63, 3.8) is 0 Å². The van der Waals surface area contributed by atoms with Crippen LogP contribution in [0.2, 0.25) is 5.02 Å². The highest BCUT2D eigenvalue weighted by Crippen LogP contribution is 2.30. The molecular formula is C30H27ClFN5O4. The van der Waals surface area contributed by atoms with Crippen molar-refractivity contribution in [1.82, 2.24) is 24.6 Å². The average molecular weight is 576 g/mol. The first-order chi connectivity index (χ1) is 19.9. The molecular weight excluding hydrogens is 549 g/mol. The summed E-state index contributed by atoms with van der Waals surface area (Å²) >= 11 is 5.84. The summed E-state index contributed by atoms with van der Waals surface area (Å²) in [5.41, 5.74) is 3.97. The van der Waals surface area contributed by atoms with Gasteiger partial charge in [-0.15, -0.1) is 0 Å². The van der Waals surface area contributed by atoms with E-state index in [2.05, 4.69) is 10.1 Å². The number of ether oxygens (including phenoxy) is 1. The predicted octanol–water partition coefficient (Wildman–Crippen LogP) is 5.92. The van der Waals surface area contributed by atoms with Crippen LogP contribution in [0.4, 0.5) is 4.39 Å². The molecule has 1 aliphatic heterocycles. The molecule has 9 nitrogen and oxygen atoms in total. The quantitative estimate of drug-likeness (QED) is 0.231. The molecule has 2 aromatic carbocycles. The van der Waals surface area contributed by atoms with Crippen LogP contribution in [0.15, 0.2) is 71.6 Å². The van der Waals surface area contributed by atoms with Gasteiger partial charge in [-0.25, -0.2) is 19.2 Å². The average Bonchev–Trinajstić information content (AvgIpc) is 3.61. The highest BCUT2D eigenvalue weighted by molar-refractivity contribution is 6.30. The standard InChI is InChI=1S/C30H27ClFN5O4/c31-23-6-4-22(24(32)13-23)18-40-29-3-1-2-25(35-29)20-8-10-36(11-9-20)16-28-34-26-7-5-21(30(38)39)12-27(26)37(28)15-19-14-33-41-17-19/h1-7,12-14,17,20H,8-11,15-16,18H2,(H,38,39). The number of hydrogen-bond acceptors (Lipinski definition) is 7.